The number of carbonyl (C=O) groups is 1. The average Bonchev–Trinajstić information content (AvgIpc) is 2.96. The molecule has 21 heavy (non-hydrogen) atoms. The SMILES string of the molecule is C#CCC(CC)NC(=O)Nc1nc(-c2ccccc2)ns1. The Bertz CT molecular complexity index is 633. The number of benzene rings is 1. The van der Waals surface area contributed by atoms with Crippen LogP contribution in [0.5, 0.6) is 0 Å². The number of anilines is 1. The predicted octanol–water partition coefficient (Wildman–Crippen LogP) is 3.13. The lowest BCUT2D eigenvalue weighted by Crippen LogP contribution is -2.37. The Kier molecular flexibility index (Phi) is 5.29. The molecule has 0 aliphatic rings. The van der Waals surface area contributed by atoms with Crippen molar-refractivity contribution in [3.63, 3.8) is 0 Å². The molecule has 1 unspecified atom stereocenters. The number of nitrogens with one attached hydrogen (secondary N) is 2. The first-order valence-electron chi connectivity index (χ1n) is 6.63. The maximum atomic E-state index is 11.9. The molecule has 1 aromatic heterocycles. The van der Waals surface area contributed by atoms with Crippen molar-refractivity contribution >= 4 is 22.7 Å². The molecule has 0 radical (unpaired) electrons. The highest BCUT2D eigenvalue weighted by molar-refractivity contribution is 7.10. The van der Waals surface area contributed by atoms with Crippen LogP contribution in [0.3, 0.4) is 0 Å². The summed E-state index contributed by atoms with van der Waals surface area (Å²) in [6.45, 7) is 1.97. The molecular weight excluding hydrogens is 284 g/mol. The molecule has 0 aliphatic carbocycles. The van der Waals surface area contributed by atoms with Crippen LogP contribution in [0.15, 0.2) is 30.3 Å². The predicted molar refractivity (Wildman–Crippen MR) is 85.0 cm³/mol. The Morgan fingerprint density at radius 2 is 2.19 bits per heavy atom. The molecule has 0 aliphatic heterocycles. The number of terminal acetylenes is 1. The summed E-state index contributed by atoms with van der Waals surface area (Å²) in [5.74, 6) is 3.15. The molecule has 108 valence electrons. The third kappa shape index (κ3) is 4.29. The van der Waals surface area contributed by atoms with Gasteiger partial charge in [-0.2, -0.15) is 9.36 Å². The molecule has 2 amide bonds. The number of nitrogens with zero attached hydrogens (tertiary/aromatic N) is 2. The number of hydrogen-bond acceptors (Lipinski definition) is 4. The Morgan fingerprint density at radius 3 is 2.86 bits per heavy atom. The van der Waals surface area contributed by atoms with E-state index in [4.69, 9.17) is 6.42 Å². The van der Waals surface area contributed by atoms with E-state index in [2.05, 4.69) is 25.9 Å². The molecule has 2 aromatic rings. The van der Waals surface area contributed by atoms with Crippen molar-refractivity contribution in [2.75, 3.05) is 5.32 Å². The van der Waals surface area contributed by atoms with Crippen LogP contribution in [-0.4, -0.2) is 21.4 Å². The van der Waals surface area contributed by atoms with E-state index in [0.29, 0.717) is 17.4 Å². The molecular formula is C15H16N4OS. The van der Waals surface area contributed by atoms with Gasteiger partial charge in [-0.3, -0.25) is 5.32 Å². The molecule has 6 heteroatoms. The standard InChI is InChI=1S/C15H16N4OS/c1-3-8-12(4-2)16-14(20)18-15-17-13(19-21-15)11-9-6-5-7-10-11/h1,5-7,9-10,12H,4,8H2,2H3,(H2,16,17,18,19,20). The number of urea groups is 1. The Hall–Kier alpha value is -2.39. The lowest BCUT2D eigenvalue weighted by molar-refractivity contribution is 0.248. The minimum atomic E-state index is -0.312. The van der Waals surface area contributed by atoms with Crippen LogP contribution in [0.25, 0.3) is 11.4 Å². The van der Waals surface area contributed by atoms with Gasteiger partial charge < -0.3 is 5.32 Å². The second kappa shape index (κ2) is 7.41. The second-order valence-corrected chi connectivity index (χ2v) is 5.15. The van der Waals surface area contributed by atoms with E-state index in [1.165, 1.54) is 0 Å². The molecule has 0 spiro atoms. The van der Waals surface area contributed by atoms with Gasteiger partial charge in [0.15, 0.2) is 5.82 Å². The van der Waals surface area contributed by atoms with Gasteiger partial charge >= 0.3 is 6.03 Å². The van der Waals surface area contributed by atoms with E-state index >= 15 is 0 Å². The molecule has 0 saturated heterocycles. The average molecular weight is 300 g/mol. The van der Waals surface area contributed by atoms with Crippen LogP contribution in [0, 0.1) is 12.3 Å². The number of amides is 2. The van der Waals surface area contributed by atoms with E-state index in [1.54, 1.807) is 0 Å². The topological polar surface area (TPSA) is 66.9 Å². The summed E-state index contributed by atoms with van der Waals surface area (Å²) in [6.07, 6.45) is 6.55. The van der Waals surface area contributed by atoms with Gasteiger partial charge in [0.1, 0.15) is 0 Å². The van der Waals surface area contributed by atoms with Gasteiger partial charge in [0.05, 0.1) is 0 Å². The fraction of sp³-hybridized carbons (Fsp3) is 0.267. The second-order valence-electron chi connectivity index (χ2n) is 4.40. The minimum absolute atomic E-state index is 0.0310. The molecule has 2 N–H and O–H groups in total. The zero-order valence-corrected chi connectivity index (χ0v) is 12.5. The fourth-order valence-corrected chi connectivity index (χ4v) is 2.32. The van der Waals surface area contributed by atoms with Crippen LogP contribution in [0.2, 0.25) is 0 Å². The maximum absolute atomic E-state index is 11.9. The minimum Gasteiger partial charge on any atom is -0.334 e. The van der Waals surface area contributed by atoms with E-state index in [0.717, 1.165) is 23.5 Å². The highest BCUT2D eigenvalue weighted by atomic mass is 32.1. The van der Waals surface area contributed by atoms with Crippen LogP contribution in [0.4, 0.5) is 9.93 Å². The van der Waals surface area contributed by atoms with Gasteiger partial charge in [0.25, 0.3) is 0 Å². The van der Waals surface area contributed by atoms with Crippen LogP contribution >= 0.6 is 11.5 Å². The highest BCUT2D eigenvalue weighted by Crippen LogP contribution is 2.20. The molecule has 0 saturated carbocycles. The van der Waals surface area contributed by atoms with E-state index in [1.807, 2.05) is 37.3 Å². The third-order valence-electron chi connectivity index (χ3n) is 2.87. The Labute approximate surface area is 128 Å². The van der Waals surface area contributed by atoms with Gasteiger partial charge in [-0.05, 0) is 6.42 Å². The normalized spacial score (nSPS) is 11.4. The summed E-state index contributed by atoms with van der Waals surface area (Å²) in [4.78, 5) is 16.1. The van der Waals surface area contributed by atoms with Gasteiger partial charge in [-0.25, -0.2) is 4.79 Å². The van der Waals surface area contributed by atoms with Gasteiger partial charge in [0.2, 0.25) is 5.13 Å². The Morgan fingerprint density at radius 1 is 1.43 bits per heavy atom. The summed E-state index contributed by atoms with van der Waals surface area (Å²) in [5, 5.41) is 5.95. The summed E-state index contributed by atoms with van der Waals surface area (Å²) in [5.41, 5.74) is 0.918. The smallest absolute Gasteiger partial charge is 0.321 e. The molecule has 1 aromatic carbocycles. The van der Waals surface area contributed by atoms with Gasteiger partial charge in [-0.1, -0.05) is 37.3 Å². The van der Waals surface area contributed by atoms with Crippen LogP contribution in [-0.2, 0) is 0 Å². The molecule has 5 nitrogen and oxygen atoms in total. The largest absolute Gasteiger partial charge is 0.334 e. The van der Waals surface area contributed by atoms with Gasteiger partial charge in [-0.15, -0.1) is 12.3 Å². The quantitative estimate of drug-likeness (QED) is 0.834. The number of aromatic nitrogens is 2. The van der Waals surface area contributed by atoms with Crippen molar-refractivity contribution in [1.82, 2.24) is 14.7 Å². The first-order chi connectivity index (χ1) is 10.2. The molecule has 0 fully saturated rings. The molecule has 0 bridgehead atoms. The third-order valence-corrected chi connectivity index (χ3v) is 3.50. The van der Waals surface area contributed by atoms with E-state index < -0.39 is 0 Å². The van der Waals surface area contributed by atoms with E-state index in [9.17, 15) is 4.79 Å². The number of rotatable bonds is 5. The van der Waals surface area contributed by atoms with Crippen LogP contribution < -0.4 is 10.6 Å². The van der Waals surface area contributed by atoms with Crippen molar-refractivity contribution in [2.45, 2.75) is 25.8 Å². The zero-order chi connectivity index (χ0) is 15.1. The molecule has 2 rings (SSSR count). The fourth-order valence-electron chi connectivity index (χ4n) is 1.74. The lowest BCUT2D eigenvalue weighted by atomic mass is 10.2. The maximum Gasteiger partial charge on any atom is 0.321 e. The van der Waals surface area contributed by atoms with Crippen molar-refractivity contribution in [2.24, 2.45) is 0 Å². The van der Waals surface area contributed by atoms with Crippen molar-refractivity contribution in [3.05, 3.63) is 30.3 Å². The zero-order valence-electron chi connectivity index (χ0n) is 11.7. The van der Waals surface area contributed by atoms with Crippen LogP contribution in [0.1, 0.15) is 19.8 Å². The first kappa shape index (κ1) is 15.0. The number of hydrogen-bond donors (Lipinski definition) is 2. The Balaban J connectivity index is 1.97. The van der Waals surface area contributed by atoms with E-state index in [-0.39, 0.29) is 12.1 Å². The first-order valence-corrected chi connectivity index (χ1v) is 7.40. The lowest BCUT2D eigenvalue weighted by Gasteiger charge is -2.13. The molecule has 1 heterocycles. The summed E-state index contributed by atoms with van der Waals surface area (Å²) < 4.78 is 4.23. The summed E-state index contributed by atoms with van der Waals surface area (Å²) in [7, 11) is 0. The van der Waals surface area contributed by atoms with Gasteiger partial charge in [0, 0.05) is 29.6 Å². The highest BCUT2D eigenvalue weighted by Gasteiger charge is 2.12. The van der Waals surface area contributed by atoms with Crippen molar-refractivity contribution in [1.29, 1.82) is 0 Å². The van der Waals surface area contributed by atoms with Crippen molar-refractivity contribution in [3.8, 4) is 23.7 Å². The van der Waals surface area contributed by atoms with Crippen molar-refractivity contribution < 1.29 is 4.79 Å². The summed E-state index contributed by atoms with van der Waals surface area (Å²) >= 11 is 1.15. The summed E-state index contributed by atoms with van der Waals surface area (Å²) in [6, 6.07) is 9.27. The molecule has 1 atom stereocenters. The number of carbonyl (C=O) groups excluding carboxylic acids is 1. The monoisotopic (exact) mass is 300 g/mol.